The molecule has 2 heterocycles. The van der Waals surface area contributed by atoms with Crippen molar-refractivity contribution >= 4 is 33.3 Å². The molecule has 0 aliphatic rings. The van der Waals surface area contributed by atoms with E-state index in [1.54, 1.807) is 17.4 Å². The van der Waals surface area contributed by atoms with Gasteiger partial charge in [-0.2, -0.15) is 0 Å². The molecule has 2 aromatic heterocycles. The molecule has 0 saturated heterocycles. The lowest BCUT2D eigenvalue weighted by atomic mass is 10.2. The summed E-state index contributed by atoms with van der Waals surface area (Å²) in [5, 5.41) is 1.49. The van der Waals surface area contributed by atoms with E-state index >= 15 is 0 Å². The van der Waals surface area contributed by atoms with Crippen molar-refractivity contribution in [3.63, 3.8) is 0 Å². The molecule has 17 heavy (non-hydrogen) atoms. The predicted molar refractivity (Wildman–Crippen MR) is 72.6 cm³/mol. The van der Waals surface area contributed by atoms with Crippen LogP contribution in [0, 0.1) is 6.92 Å². The predicted octanol–water partition coefficient (Wildman–Crippen LogP) is 4.32. The first kappa shape index (κ1) is 10.7. The minimum absolute atomic E-state index is 0.511. The van der Waals surface area contributed by atoms with E-state index in [1.807, 2.05) is 6.07 Å². The van der Waals surface area contributed by atoms with Crippen LogP contribution in [-0.2, 0) is 0 Å². The number of hydrogen-bond acceptors (Lipinski definition) is 3. The molecular formula is C13H9ClN2S. The van der Waals surface area contributed by atoms with Gasteiger partial charge in [0.25, 0.3) is 0 Å². The normalized spacial score (nSPS) is 10.9. The maximum atomic E-state index is 5.86. The van der Waals surface area contributed by atoms with Gasteiger partial charge in [0.1, 0.15) is 20.5 Å². The summed E-state index contributed by atoms with van der Waals surface area (Å²) in [6.45, 7) is 2.07. The molecule has 0 spiro atoms. The van der Waals surface area contributed by atoms with Gasteiger partial charge in [-0.25, -0.2) is 9.97 Å². The van der Waals surface area contributed by atoms with E-state index in [0.717, 1.165) is 20.9 Å². The van der Waals surface area contributed by atoms with Crippen LogP contribution in [0.5, 0.6) is 0 Å². The first-order chi connectivity index (χ1) is 8.22. The molecule has 0 fully saturated rings. The fourth-order valence-electron chi connectivity index (χ4n) is 1.61. The van der Waals surface area contributed by atoms with Gasteiger partial charge in [-0.3, -0.25) is 0 Å². The zero-order valence-corrected chi connectivity index (χ0v) is 10.7. The monoisotopic (exact) mass is 260 g/mol. The molecule has 0 bridgehead atoms. The molecule has 3 rings (SSSR count). The third-order valence-corrected chi connectivity index (χ3v) is 3.74. The van der Waals surface area contributed by atoms with Gasteiger partial charge in [-0.15, -0.1) is 0 Å². The van der Waals surface area contributed by atoms with E-state index in [0.29, 0.717) is 5.15 Å². The van der Waals surface area contributed by atoms with E-state index < -0.39 is 0 Å². The van der Waals surface area contributed by atoms with Crippen LogP contribution in [0.4, 0.5) is 0 Å². The summed E-state index contributed by atoms with van der Waals surface area (Å²) in [6.07, 6.45) is 0. The second kappa shape index (κ2) is 4.09. The number of aromatic nitrogens is 2. The highest BCUT2D eigenvalue weighted by atomic mass is 35.5. The Balaban J connectivity index is 2.14. The average Bonchev–Trinajstić information content (AvgIpc) is 2.72. The molecule has 0 aliphatic carbocycles. The number of halogens is 1. The minimum atomic E-state index is 0.511. The third kappa shape index (κ3) is 2.04. The summed E-state index contributed by atoms with van der Waals surface area (Å²) in [4.78, 5) is 9.69. The van der Waals surface area contributed by atoms with Crippen molar-refractivity contribution in [2.75, 3.05) is 0 Å². The Labute approximate surface area is 108 Å². The molecule has 0 unspecified atom stereocenters. The molecule has 0 atom stereocenters. The van der Waals surface area contributed by atoms with Crippen LogP contribution in [0.25, 0.3) is 20.9 Å². The summed E-state index contributed by atoms with van der Waals surface area (Å²) in [6, 6.07) is 12.0. The van der Waals surface area contributed by atoms with Crippen LogP contribution < -0.4 is 0 Å². The number of fused-ring (bicyclic) bond motifs is 1. The van der Waals surface area contributed by atoms with Crippen LogP contribution in [0.15, 0.2) is 36.4 Å². The number of hydrogen-bond donors (Lipinski definition) is 0. The van der Waals surface area contributed by atoms with Gasteiger partial charge in [-0.05, 0) is 19.1 Å². The van der Waals surface area contributed by atoms with Crippen molar-refractivity contribution < 1.29 is 0 Å². The molecule has 1 aromatic carbocycles. The highest BCUT2D eigenvalue weighted by molar-refractivity contribution is 7.21. The Morgan fingerprint density at radius 3 is 2.53 bits per heavy atom. The zero-order valence-electron chi connectivity index (χ0n) is 9.14. The topological polar surface area (TPSA) is 25.8 Å². The highest BCUT2D eigenvalue weighted by Gasteiger charge is 2.07. The summed E-state index contributed by atoms with van der Waals surface area (Å²) in [7, 11) is 0. The van der Waals surface area contributed by atoms with Crippen LogP contribution in [0.2, 0.25) is 5.15 Å². The number of benzene rings is 1. The fourth-order valence-corrected chi connectivity index (χ4v) is 2.76. The quantitative estimate of drug-likeness (QED) is 0.609. The number of aryl methyl sites for hydroxylation is 1. The lowest BCUT2D eigenvalue weighted by molar-refractivity contribution is 1.40. The Morgan fingerprint density at radius 1 is 1.00 bits per heavy atom. The smallest absolute Gasteiger partial charge is 0.145 e. The highest BCUT2D eigenvalue weighted by Crippen LogP contribution is 2.29. The lowest BCUT2D eigenvalue weighted by Crippen LogP contribution is -1.76. The van der Waals surface area contributed by atoms with Crippen molar-refractivity contribution in [1.29, 1.82) is 0 Å². The number of pyridine rings is 1. The first-order valence-electron chi connectivity index (χ1n) is 5.22. The van der Waals surface area contributed by atoms with Gasteiger partial charge in [0.05, 0.1) is 0 Å². The summed E-state index contributed by atoms with van der Waals surface area (Å²) < 4.78 is 0. The van der Waals surface area contributed by atoms with Gasteiger partial charge in [-0.1, -0.05) is 52.8 Å². The van der Waals surface area contributed by atoms with Crippen molar-refractivity contribution in [2.45, 2.75) is 6.92 Å². The summed E-state index contributed by atoms with van der Waals surface area (Å²) in [5.74, 6) is 0. The fraction of sp³-hybridized carbons (Fsp3) is 0.0769. The van der Waals surface area contributed by atoms with Crippen molar-refractivity contribution in [3.8, 4) is 10.6 Å². The first-order valence-corrected chi connectivity index (χ1v) is 6.42. The second-order valence-electron chi connectivity index (χ2n) is 3.84. The minimum Gasteiger partial charge on any atom is -0.234 e. The molecule has 0 saturated carbocycles. The second-order valence-corrected chi connectivity index (χ2v) is 5.21. The van der Waals surface area contributed by atoms with E-state index in [4.69, 9.17) is 11.6 Å². The third-order valence-electron chi connectivity index (χ3n) is 2.52. The van der Waals surface area contributed by atoms with Crippen LogP contribution in [-0.4, -0.2) is 9.97 Å². The standard InChI is InChI=1S/C13H9ClN2S/c1-8-2-4-9(5-3-8)12-15-10-6-7-11(14)16-13(10)17-12/h2-7H,1H3. The number of nitrogens with zero attached hydrogens (tertiary/aromatic N) is 2. The zero-order chi connectivity index (χ0) is 11.8. The van der Waals surface area contributed by atoms with Crippen molar-refractivity contribution in [2.24, 2.45) is 0 Å². The molecule has 84 valence electrons. The van der Waals surface area contributed by atoms with E-state index in [9.17, 15) is 0 Å². The largest absolute Gasteiger partial charge is 0.234 e. The van der Waals surface area contributed by atoms with E-state index in [1.165, 1.54) is 5.56 Å². The van der Waals surface area contributed by atoms with Crippen LogP contribution >= 0.6 is 22.9 Å². The average molecular weight is 261 g/mol. The maximum absolute atomic E-state index is 5.86. The Kier molecular flexibility index (Phi) is 2.57. The van der Waals surface area contributed by atoms with Gasteiger partial charge >= 0.3 is 0 Å². The summed E-state index contributed by atoms with van der Waals surface area (Å²) >= 11 is 7.43. The maximum Gasteiger partial charge on any atom is 0.145 e. The van der Waals surface area contributed by atoms with Gasteiger partial charge in [0.2, 0.25) is 0 Å². The SMILES string of the molecule is Cc1ccc(-c2nc3ccc(Cl)nc3s2)cc1. The van der Waals surface area contributed by atoms with Crippen molar-refractivity contribution in [3.05, 3.63) is 47.1 Å². The van der Waals surface area contributed by atoms with Crippen molar-refractivity contribution in [1.82, 2.24) is 9.97 Å². The molecule has 0 aliphatic heterocycles. The van der Waals surface area contributed by atoms with Gasteiger partial charge < -0.3 is 0 Å². The molecule has 4 heteroatoms. The number of rotatable bonds is 1. The Bertz CT molecular complexity index is 673. The van der Waals surface area contributed by atoms with E-state index in [-0.39, 0.29) is 0 Å². The lowest BCUT2D eigenvalue weighted by Gasteiger charge is -1.95. The van der Waals surface area contributed by atoms with Crippen LogP contribution in [0.1, 0.15) is 5.56 Å². The van der Waals surface area contributed by atoms with Crippen LogP contribution in [0.3, 0.4) is 0 Å². The van der Waals surface area contributed by atoms with E-state index in [2.05, 4.69) is 41.2 Å². The molecule has 3 aromatic rings. The Morgan fingerprint density at radius 2 is 1.76 bits per heavy atom. The molecule has 0 radical (unpaired) electrons. The number of thiazole rings is 1. The Hall–Kier alpha value is -1.45. The summed E-state index contributed by atoms with van der Waals surface area (Å²) in [5.41, 5.74) is 3.26. The van der Waals surface area contributed by atoms with Gasteiger partial charge in [0, 0.05) is 5.56 Å². The molecule has 2 nitrogen and oxygen atoms in total. The molecule has 0 N–H and O–H groups in total. The molecule has 0 amide bonds. The molecular weight excluding hydrogens is 252 g/mol. The van der Waals surface area contributed by atoms with Gasteiger partial charge in [0.15, 0.2) is 0 Å².